The molecule has 0 amide bonds. The summed E-state index contributed by atoms with van der Waals surface area (Å²) in [7, 11) is 0. The molecular formula is C66H44N2O2. The number of rotatable bonds is 10. The highest BCUT2D eigenvalue weighted by Gasteiger charge is 2.26. The van der Waals surface area contributed by atoms with Gasteiger partial charge in [0.1, 0.15) is 22.3 Å². The first kappa shape index (κ1) is 40.9. The maximum Gasteiger partial charge on any atom is 0.135 e. The fourth-order valence-electron chi connectivity index (χ4n) is 10.1. The molecule has 13 aromatic rings. The minimum Gasteiger partial charge on any atom is -0.456 e. The molecule has 0 saturated heterocycles. The number of hydrogen-bond acceptors (Lipinski definition) is 4. The zero-order valence-electron chi connectivity index (χ0n) is 38.1. The van der Waals surface area contributed by atoms with Crippen molar-refractivity contribution in [3.8, 4) is 44.5 Å². The molecule has 0 bridgehead atoms. The Labute approximate surface area is 406 Å². The van der Waals surface area contributed by atoms with Gasteiger partial charge < -0.3 is 18.6 Å². The Morgan fingerprint density at radius 2 is 0.529 bits per heavy atom. The molecule has 2 heterocycles. The van der Waals surface area contributed by atoms with E-state index in [0.29, 0.717) is 0 Å². The summed E-state index contributed by atoms with van der Waals surface area (Å²) in [6, 6.07) is 95.2. The molecule has 0 aliphatic carbocycles. The largest absolute Gasteiger partial charge is 0.456 e. The molecule has 0 aliphatic heterocycles. The first-order valence-electron chi connectivity index (χ1n) is 23.7. The minimum absolute atomic E-state index is 0.847. The molecule has 4 nitrogen and oxygen atoms in total. The van der Waals surface area contributed by atoms with Crippen LogP contribution < -0.4 is 9.80 Å². The normalized spacial score (nSPS) is 11.4. The highest BCUT2D eigenvalue weighted by Crippen LogP contribution is 2.51. The standard InChI is InChI=1S/C66H44N2O2/c1-5-17-45(18-6-1)47-29-33-51(34-30-47)67(53-37-39-65-59(41-53)55-25-13-15-27-63(55)69-65)61-44-62(58(50-23-11-4-12-24-50)43-57(61)49-21-9-3-10-22-49)68(52-35-31-48(32-36-52)46-19-7-2-8-20-46)54-38-40-66-60(42-54)56-26-14-16-28-64(56)70-66/h1-44H. The Morgan fingerprint density at radius 1 is 0.214 bits per heavy atom. The fraction of sp³-hybridized carbons (Fsp3) is 0. The molecule has 0 N–H and O–H groups in total. The van der Waals surface area contributed by atoms with E-state index in [-0.39, 0.29) is 0 Å². The van der Waals surface area contributed by atoms with E-state index in [1.165, 1.54) is 11.1 Å². The molecule has 0 atom stereocenters. The van der Waals surface area contributed by atoms with E-state index in [4.69, 9.17) is 8.83 Å². The number of hydrogen-bond donors (Lipinski definition) is 0. The van der Waals surface area contributed by atoms with Crippen molar-refractivity contribution in [1.82, 2.24) is 0 Å². The van der Waals surface area contributed by atoms with Gasteiger partial charge in [-0.2, -0.15) is 0 Å². The van der Waals surface area contributed by atoms with Crippen molar-refractivity contribution >= 4 is 78.0 Å². The van der Waals surface area contributed by atoms with Gasteiger partial charge in [0.25, 0.3) is 0 Å². The quantitative estimate of drug-likeness (QED) is 0.137. The van der Waals surface area contributed by atoms with E-state index in [9.17, 15) is 0 Å². The van der Waals surface area contributed by atoms with Crippen molar-refractivity contribution in [1.29, 1.82) is 0 Å². The minimum atomic E-state index is 0.847. The summed E-state index contributed by atoms with van der Waals surface area (Å²) in [5.74, 6) is 0. The zero-order valence-corrected chi connectivity index (χ0v) is 38.1. The topological polar surface area (TPSA) is 32.8 Å². The third-order valence-corrected chi connectivity index (χ3v) is 13.5. The molecule has 2 aromatic heterocycles. The van der Waals surface area contributed by atoms with E-state index in [0.717, 1.165) is 111 Å². The Bertz CT molecular complexity index is 3720. The summed E-state index contributed by atoms with van der Waals surface area (Å²) in [5, 5.41) is 4.27. The van der Waals surface area contributed by atoms with Crippen LogP contribution in [0.5, 0.6) is 0 Å². The molecule has 0 spiro atoms. The molecule has 0 aliphatic rings. The molecular weight excluding hydrogens is 853 g/mol. The van der Waals surface area contributed by atoms with Crippen LogP contribution in [0.25, 0.3) is 88.4 Å². The molecule has 0 fully saturated rings. The first-order valence-corrected chi connectivity index (χ1v) is 23.7. The smallest absolute Gasteiger partial charge is 0.135 e. The first-order chi connectivity index (χ1) is 34.7. The second-order valence-corrected chi connectivity index (χ2v) is 17.7. The lowest BCUT2D eigenvalue weighted by atomic mass is 9.93. The number of fused-ring (bicyclic) bond motifs is 6. The van der Waals surface area contributed by atoms with Gasteiger partial charge in [0.05, 0.1) is 11.4 Å². The Morgan fingerprint density at radius 3 is 0.929 bits per heavy atom. The van der Waals surface area contributed by atoms with Crippen LogP contribution in [0.3, 0.4) is 0 Å². The van der Waals surface area contributed by atoms with Gasteiger partial charge >= 0.3 is 0 Å². The molecule has 0 radical (unpaired) electrons. The van der Waals surface area contributed by atoms with Crippen molar-refractivity contribution in [2.45, 2.75) is 0 Å². The lowest BCUT2D eigenvalue weighted by Crippen LogP contribution is -2.15. The molecule has 0 saturated carbocycles. The predicted molar refractivity (Wildman–Crippen MR) is 292 cm³/mol. The monoisotopic (exact) mass is 896 g/mol. The Kier molecular flexibility index (Phi) is 10.1. The van der Waals surface area contributed by atoms with E-state index < -0.39 is 0 Å². The lowest BCUT2D eigenvalue weighted by Gasteiger charge is -2.33. The Hall–Kier alpha value is -9.38. The third kappa shape index (κ3) is 7.36. The second kappa shape index (κ2) is 17.4. The summed E-state index contributed by atoms with van der Waals surface area (Å²) in [6.07, 6.45) is 0. The van der Waals surface area contributed by atoms with Gasteiger partial charge in [0.15, 0.2) is 0 Å². The summed E-state index contributed by atoms with van der Waals surface area (Å²) in [4.78, 5) is 4.83. The van der Waals surface area contributed by atoms with Gasteiger partial charge in [0, 0.05) is 55.4 Å². The maximum atomic E-state index is 6.43. The zero-order chi connectivity index (χ0) is 46.4. The number of anilines is 6. The highest BCUT2D eigenvalue weighted by atomic mass is 16.3. The molecule has 0 unspecified atom stereocenters. The summed E-state index contributed by atoms with van der Waals surface area (Å²) in [5.41, 5.74) is 18.5. The average Bonchev–Trinajstić information content (AvgIpc) is 4.00. The van der Waals surface area contributed by atoms with Gasteiger partial charge in [-0.05, 0) is 118 Å². The summed E-state index contributed by atoms with van der Waals surface area (Å²) in [6.45, 7) is 0. The number of furan rings is 2. The second-order valence-electron chi connectivity index (χ2n) is 17.7. The van der Waals surface area contributed by atoms with Gasteiger partial charge in [-0.3, -0.25) is 0 Å². The van der Waals surface area contributed by atoms with Crippen molar-refractivity contribution in [2.75, 3.05) is 9.80 Å². The van der Waals surface area contributed by atoms with Crippen LogP contribution >= 0.6 is 0 Å². The number of benzene rings is 11. The SMILES string of the molecule is c1ccc(-c2ccc(N(c3ccc4oc5ccccc5c4c3)c3cc(N(c4ccc(-c5ccccc5)cc4)c4ccc5oc6ccccc6c5c4)c(-c4ccccc4)cc3-c3ccccc3)cc2)cc1. The van der Waals surface area contributed by atoms with Crippen LogP contribution in [0.15, 0.2) is 276 Å². The molecule has 11 aromatic carbocycles. The van der Waals surface area contributed by atoms with Gasteiger partial charge in [-0.1, -0.05) is 182 Å². The number of nitrogens with zero attached hydrogens (tertiary/aromatic N) is 2. The van der Waals surface area contributed by atoms with Gasteiger partial charge in [-0.15, -0.1) is 0 Å². The van der Waals surface area contributed by atoms with Crippen LogP contribution in [0.2, 0.25) is 0 Å². The van der Waals surface area contributed by atoms with Crippen LogP contribution in [0.4, 0.5) is 34.1 Å². The lowest BCUT2D eigenvalue weighted by molar-refractivity contribution is 0.668. The van der Waals surface area contributed by atoms with E-state index in [1.807, 2.05) is 24.3 Å². The van der Waals surface area contributed by atoms with Crippen molar-refractivity contribution in [2.24, 2.45) is 0 Å². The van der Waals surface area contributed by atoms with Crippen LogP contribution in [0.1, 0.15) is 0 Å². The summed E-state index contributed by atoms with van der Waals surface area (Å²) >= 11 is 0. The van der Waals surface area contributed by atoms with E-state index >= 15 is 0 Å². The van der Waals surface area contributed by atoms with Gasteiger partial charge in [0.2, 0.25) is 0 Å². The Balaban J connectivity index is 1.11. The molecule has 70 heavy (non-hydrogen) atoms. The predicted octanol–water partition coefficient (Wildman–Crippen LogP) is 19.1. The molecule has 330 valence electrons. The van der Waals surface area contributed by atoms with Gasteiger partial charge in [-0.25, -0.2) is 0 Å². The number of para-hydroxylation sites is 2. The molecule has 13 rings (SSSR count). The van der Waals surface area contributed by atoms with Crippen molar-refractivity contribution < 1.29 is 8.83 Å². The van der Waals surface area contributed by atoms with Crippen LogP contribution in [-0.4, -0.2) is 0 Å². The average molecular weight is 897 g/mol. The third-order valence-electron chi connectivity index (χ3n) is 13.5. The van der Waals surface area contributed by atoms with E-state index in [1.54, 1.807) is 0 Å². The van der Waals surface area contributed by atoms with Crippen LogP contribution in [-0.2, 0) is 0 Å². The van der Waals surface area contributed by atoms with Crippen LogP contribution in [0, 0.1) is 0 Å². The summed E-state index contributed by atoms with van der Waals surface area (Å²) < 4.78 is 12.9. The fourth-order valence-corrected chi connectivity index (χ4v) is 10.1. The highest BCUT2D eigenvalue weighted by molar-refractivity contribution is 6.09. The van der Waals surface area contributed by atoms with E-state index in [2.05, 4.69) is 252 Å². The molecule has 4 heteroatoms. The maximum absolute atomic E-state index is 6.43. The van der Waals surface area contributed by atoms with Crippen molar-refractivity contribution in [3.63, 3.8) is 0 Å². The van der Waals surface area contributed by atoms with Crippen molar-refractivity contribution in [3.05, 3.63) is 267 Å².